The standard InChI is InChI=1S/C8H11NOS/c1-2-7-3-4-9(6-11)5-8(7)10/h3-5H,2,6H2,1H3,(H-,10,11)/p+1. The average molecular weight is 170 g/mol. The molecule has 0 aliphatic carbocycles. The van der Waals surface area contributed by atoms with E-state index < -0.39 is 0 Å². The summed E-state index contributed by atoms with van der Waals surface area (Å²) in [6.07, 6.45) is 4.45. The number of aromatic nitrogens is 1. The minimum absolute atomic E-state index is 0.351. The Morgan fingerprint density at radius 3 is 2.82 bits per heavy atom. The van der Waals surface area contributed by atoms with E-state index in [2.05, 4.69) is 12.6 Å². The fourth-order valence-corrected chi connectivity index (χ4v) is 1.12. The summed E-state index contributed by atoms with van der Waals surface area (Å²) in [5.41, 5.74) is 0.975. The third-order valence-electron chi connectivity index (χ3n) is 1.63. The highest BCUT2D eigenvalue weighted by atomic mass is 32.1. The molecule has 60 valence electrons. The lowest BCUT2D eigenvalue weighted by Gasteiger charge is -1.97. The summed E-state index contributed by atoms with van der Waals surface area (Å²) in [7, 11) is 0. The molecule has 0 unspecified atom stereocenters. The first-order valence-electron chi connectivity index (χ1n) is 3.59. The van der Waals surface area contributed by atoms with Crippen LogP contribution in [0.3, 0.4) is 0 Å². The molecule has 0 spiro atoms. The summed E-state index contributed by atoms with van der Waals surface area (Å²) in [5.74, 6) is 0.946. The normalized spacial score (nSPS) is 10.0. The third-order valence-corrected chi connectivity index (χ3v) is 1.96. The molecule has 1 aromatic heterocycles. The van der Waals surface area contributed by atoms with Crippen LogP contribution in [0.4, 0.5) is 0 Å². The second kappa shape index (κ2) is 3.62. The topological polar surface area (TPSA) is 24.1 Å². The molecular weight excluding hydrogens is 158 g/mol. The number of rotatable bonds is 2. The smallest absolute Gasteiger partial charge is 0.211 e. The third kappa shape index (κ3) is 1.87. The lowest BCUT2D eigenvalue weighted by Crippen LogP contribution is -2.29. The molecule has 0 radical (unpaired) electrons. The molecule has 0 aliphatic rings. The van der Waals surface area contributed by atoms with E-state index in [0.29, 0.717) is 11.6 Å². The quantitative estimate of drug-likeness (QED) is 0.504. The van der Waals surface area contributed by atoms with Crippen LogP contribution in [0.25, 0.3) is 0 Å². The van der Waals surface area contributed by atoms with Gasteiger partial charge in [0.2, 0.25) is 6.20 Å². The Hall–Kier alpha value is -0.700. The predicted octanol–water partition coefficient (Wildman–Crippen LogP) is 1.13. The number of hydrogen-bond acceptors (Lipinski definition) is 2. The van der Waals surface area contributed by atoms with Crippen molar-refractivity contribution in [2.75, 3.05) is 0 Å². The summed E-state index contributed by atoms with van der Waals surface area (Å²) in [4.78, 5) is 0. The molecule has 1 rings (SSSR count). The minimum Gasteiger partial charge on any atom is -0.503 e. The number of nitrogens with zero attached hydrogens (tertiary/aromatic N) is 1. The second-order valence-corrected chi connectivity index (χ2v) is 2.65. The van der Waals surface area contributed by atoms with Crippen molar-refractivity contribution in [2.45, 2.75) is 19.2 Å². The molecule has 11 heavy (non-hydrogen) atoms. The molecular formula is C8H12NOS+. The number of pyridine rings is 1. The first-order valence-corrected chi connectivity index (χ1v) is 4.23. The maximum absolute atomic E-state index is 9.37. The van der Waals surface area contributed by atoms with Gasteiger partial charge in [-0.2, -0.15) is 4.57 Å². The summed E-state index contributed by atoms with van der Waals surface area (Å²) >= 11 is 4.07. The van der Waals surface area contributed by atoms with Gasteiger partial charge >= 0.3 is 0 Å². The first kappa shape index (κ1) is 8.40. The van der Waals surface area contributed by atoms with Gasteiger partial charge in [0.25, 0.3) is 0 Å². The fourth-order valence-electron chi connectivity index (χ4n) is 0.941. The van der Waals surface area contributed by atoms with Gasteiger partial charge in [0.15, 0.2) is 17.8 Å². The fraction of sp³-hybridized carbons (Fsp3) is 0.375. The van der Waals surface area contributed by atoms with Crippen molar-refractivity contribution < 1.29 is 9.67 Å². The lowest BCUT2D eigenvalue weighted by molar-refractivity contribution is -0.675. The molecule has 2 nitrogen and oxygen atoms in total. The maximum atomic E-state index is 9.37. The molecule has 1 heterocycles. The Morgan fingerprint density at radius 2 is 2.36 bits per heavy atom. The molecule has 0 aromatic carbocycles. The van der Waals surface area contributed by atoms with E-state index >= 15 is 0 Å². The Bertz CT molecular complexity index is 250. The number of thiol groups is 1. The van der Waals surface area contributed by atoms with Crippen molar-refractivity contribution >= 4 is 12.6 Å². The van der Waals surface area contributed by atoms with Gasteiger partial charge < -0.3 is 5.11 Å². The molecule has 0 fully saturated rings. The summed E-state index contributed by atoms with van der Waals surface area (Å²) in [5, 5.41) is 9.37. The molecule has 0 saturated heterocycles. The van der Waals surface area contributed by atoms with E-state index in [1.165, 1.54) is 0 Å². The van der Waals surface area contributed by atoms with E-state index in [1.54, 1.807) is 6.20 Å². The summed E-state index contributed by atoms with van der Waals surface area (Å²) < 4.78 is 1.82. The van der Waals surface area contributed by atoms with Crippen LogP contribution in [0.2, 0.25) is 0 Å². The molecule has 3 heteroatoms. The minimum atomic E-state index is 0.351. The Balaban J connectivity index is 2.99. The largest absolute Gasteiger partial charge is 0.503 e. The second-order valence-electron chi connectivity index (χ2n) is 2.36. The van der Waals surface area contributed by atoms with Crippen molar-refractivity contribution in [3.63, 3.8) is 0 Å². The zero-order chi connectivity index (χ0) is 8.27. The summed E-state index contributed by atoms with van der Waals surface area (Å²) in [6, 6.07) is 1.91. The lowest BCUT2D eigenvalue weighted by atomic mass is 10.2. The summed E-state index contributed by atoms with van der Waals surface area (Å²) in [6.45, 7) is 2.01. The zero-order valence-electron chi connectivity index (χ0n) is 6.49. The van der Waals surface area contributed by atoms with Crippen LogP contribution in [0.15, 0.2) is 18.5 Å². The van der Waals surface area contributed by atoms with Gasteiger partial charge in [-0.1, -0.05) is 6.92 Å². The number of aromatic hydroxyl groups is 1. The molecule has 1 N–H and O–H groups in total. The van der Waals surface area contributed by atoms with Crippen LogP contribution in [0.5, 0.6) is 5.75 Å². The van der Waals surface area contributed by atoms with Gasteiger partial charge in [-0.05, 0) is 6.42 Å². The van der Waals surface area contributed by atoms with Crippen LogP contribution >= 0.6 is 12.6 Å². The Kier molecular flexibility index (Phi) is 2.76. The van der Waals surface area contributed by atoms with Crippen molar-refractivity contribution in [1.82, 2.24) is 0 Å². The van der Waals surface area contributed by atoms with Gasteiger partial charge in [-0.15, -0.1) is 12.6 Å². The monoisotopic (exact) mass is 170 g/mol. The predicted molar refractivity (Wildman–Crippen MR) is 46.7 cm³/mol. The van der Waals surface area contributed by atoms with Crippen LogP contribution in [-0.2, 0) is 12.3 Å². The highest BCUT2D eigenvalue weighted by Crippen LogP contribution is 2.12. The van der Waals surface area contributed by atoms with Gasteiger partial charge in [0.05, 0.1) is 0 Å². The van der Waals surface area contributed by atoms with Gasteiger partial charge in [-0.25, -0.2) is 0 Å². The van der Waals surface area contributed by atoms with Crippen LogP contribution in [0, 0.1) is 0 Å². The van der Waals surface area contributed by atoms with Crippen molar-refractivity contribution in [3.8, 4) is 5.75 Å². The SMILES string of the molecule is CCc1cc[n+](CS)cc1O. The van der Waals surface area contributed by atoms with Crippen LogP contribution in [0.1, 0.15) is 12.5 Å². The van der Waals surface area contributed by atoms with Gasteiger partial charge in [-0.3, -0.25) is 0 Å². The van der Waals surface area contributed by atoms with E-state index in [9.17, 15) is 5.11 Å². The van der Waals surface area contributed by atoms with E-state index in [4.69, 9.17) is 0 Å². The van der Waals surface area contributed by atoms with Crippen molar-refractivity contribution in [2.24, 2.45) is 0 Å². The molecule has 0 saturated carbocycles. The Morgan fingerprint density at radius 1 is 1.64 bits per heavy atom. The van der Waals surface area contributed by atoms with Crippen LogP contribution in [-0.4, -0.2) is 5.11 Å². The molecule has 1 aromatic rings. The van der Waals surface area contributed by atoms with E-state index in [0.717, 1.165) is 12.0 Å². The van der Waals surface area contributed by atoms with E-state index in [1.807, 2.05) is 23.8 Å². The first-order chi connectivity index (χ1) is 5.27. The van der Waals surface area contributed by atoms with Crippen molar-refractivity contribution in [3.05, 3.63) is 24.0 Å². The average Bonchev–Trinajstić information content (AvgIpc) is 2.04. The zero-order valence-corrected chi connectivity index (χ0v) is 7.38. The molecule has 0 bridgehead atoms. The van der Waals surface area contributed by atoms with Crippen molar-refractivity contribution in [1.29, 1.82) is 0 Å². The molecule has 0 atom stereocenters. The maximum Gasteiger partial charge on any atom is 0.211 e. The highest BCUT2D eigenvalue weighted by molar-refractivity contribution is 7.78. The van der Waals surface area contributed by atoms with Gasteiger partial charge in [0, 0.05) is 11.6 Å². The van der Waals surface area contributed by atoms with Crippen LogP contribution < -0.4 is 4.57 Å². The van der Waals surface area contributed by atoms with E-state index in [-0.39, 0.29) is 0 Å². The highest BCUT2D eigenvalue weighted by Gasteiger charge is 2.03. The molecule has 0 aliphatic heterocycles. The van der Waals surface area contributed by atoms with Gasteiger partial charge in [0.1, 0.15) is 0 Å². The molecule has 0 amide bonds. The Labute approximate surface area is 71.9 Å². The number of hydrogen-bond donors (Lipinski definition) is 2. The number of aryl methyl sites for hydroxylation is 1.